The fraction of sp³-hybridized carbons (Fsp3) is 0.174. The average Bonchev–Trinajstić information content (AvgIpc) is 2.69. The first-order valence-electron chi connectivity index (χ1n) is 9.07. The van der Waals surface area contributed by atoms with Crippen LogP contribution in [0.2, 0.25) is 0 Å². The first-order chi connectivity index (χ1) is 13.3. The normalized spacial score (nSPS) is 11.0. The van der Waals surface area contributed by atoms with E-state index in [0.717, 1.165) is 5.56 Å². The number of amides is 2. The van der Waals surface area contributed by atoms with E-state index in [0.29, 0.717) is 22.5 Å². The maximum Gasteiger partial charge on any atom is 0.257 e. The predicted molar refractivity (Wildman–Crippen MR) is 112 cm³/mol. The van der Waals surface area contributed by atoms with Crippen molar-refractivity contribution in [3.63, 3.8) is 0 Å². The first kappa shape index (κ1) is 19.3. The highest BCUT2D eigenvalue weighted by atomic mass is 16.2. The Bertz CT molecular complexity index is 975. The molecule has 2 amide bonds. The summed E-state index contributed by atoms with van der Waals surface area (Å²) in [6, 6.07) is 18.0. The van der Waals surface area contributed by atoms with Crippen molar-refractivity contribution in [2.45, 2.75) is 26.2 Å². The molecule has 5 nitrogen and oxygen atoms in total. The molecule has 0 bridgehead atoms. The number of anilines is 2. The molecule has 3 rings (SSSR count). The second-order valence-corrected chi connectivity index (χ2v) is 7.52. The third kappa shape index (κ3) is 4.62. The smallest absolute Gasteiger partial charge is 0.257 e. The molecule has 1 heterocycles. The van der Waals surface area contributed by atoms with Crippen molar-refractivity contribution >= 4 is 23.2 Å². The fourth-order valence-corrected chi connectivity index (χ4v) is 2.71. The Morgan fingerprint density at radius 3 is 1.82 bits per heavy atom. The van der Waals surface area contributed by atoms with E-state index in [4.69, 9.17) is 0 Å². The molecule has 1 aromatic heterocycles. The number of carbonyl (C=O) groups is 2. The molecule has 0 spiro atoms. The molecule has 0 fully saturated rings. The SMILES string of the molecule is CC(C)(C)c1ccc(C(=O)Nc2ccccc2NC(=O)c2cccnc2)cc1. The molecule has 5 heteroatoms. The van der Waals surface area contributed by atoms with E-state index in [1.165, 1.54) is 6.20 Å². The Balaban J connectivity index is 1.76. The van der Waals surface area contributed by atoms with Gasteiger partial charge in [-0.2, -0.15) is 0 Å². The molecular weight excluding hydrogens is 350 g/mol. The third-order valence-corrected chi connectivity index (χ3v) is 4.36. The fourth-order valence-electron chi connectivity index (χ4n) is 2.71. The van der Waals surface area contributed by atoms with Gasteiger partial charge in [-0.3, -0.25) is 14.6 Å². The highest BCUT2D eigenvalue weighted by molar-refractivity contribution is 6.09. The summed E-state index contributed by atoms with van der Waals surface area (Å²) < 4.78 is 0. The minimum Gasteiger partial charge on any atom is -0.320 e. The summed E-state index contributed by atoms with van der Waals surface area (Å²) in [6.45, 7) is 6.38. The number of pyridine rings is 1. The number of para-hydroxylation sites is 2. The minimum absolute atomic E-state index is 0.0260. The van der Waals surface area contributed by atoms with Gasteiger partial charge in [-0.15, -0.1) is 0 Å². The van der Waals surface area contributed by atoms with Crippen molar-refractivity contribution in [2.24, 2.45) is 0 Å². The van der Waals surface area contributed by atoms with Crippen LogP contribution in [-0.2, 0) is 5.41 Å². The van der Waals surface area contributed by atoms with Crippen LogP contribution in [0.25, 0.3) is 0 Å². The number of carbonyl (C=O) groups excluding carboxylic acids is 2. The monoisotopic (exact) mass is 373 g/mol. The van der Waals surface area contributed by atoms with E-state index in [-0.39, 0.29) is 17.2 Å². The number of hydrogen-bond donors (Lipinski definition) is 2. The van der Waals surface area contributed by atoms with Crippen molar-refractivity contribution in [1.29, 1.82) is 0 Å². The lowest BCUT2D eigenvalue weighted by Crippen LogP contribution is -2.17. The van der Waals surface area contributed by atoms with Crippen LogP contribution in [0.15, 0.2) is 73.1 Å². The van der Waals surface area contributed by atoms with E-state index in [9.17, 15) is 9.59 Å². The molecule has 2 N–H and O–H groups in total. The Morgan fingerprint density at radius 2 is 1.32 bits per heavy atom. The third-order valence-electron chi connectivity index (χ3n) is 4.36. The maximum atomic E-state index is 12.6. The van der Waals surface area contributed by atoms with Gasteiger partial charge in [0, 0.05) is 18.0 Å². The lowest BCUT2D eigenvalue weighted by atomic mass is 9.87. The molecule has 0 saturated heterocycles. The zero-order valence-electron chi connectivity index (χ0n) is 16.2. The molecular formula is C23H23N3O2. The molecule has 0 unspecified atom stereocenters. The summed E-state index contributed by atoms with van der Waals surface area (Å²) in [5.41, 5.74) is 3.25. The molecule has 2 aromatic carbocycles. The largest absolute Gasteiger partial charge is 0.320 e. The lowest BCUT2D eigenvalue weighted by Gasteiger charge is -2.19. The van der Waals surface area contributed by atoms with Crippen LogP contribution in [0.5, 0.6) is 0 Å². The number of hydrogen-bond acceptors (Lipinski definition) is 3. The van der Waals surface area contributed by atoms with Crippen LogP contribution in [-0.4, -0.2) is 16.8 Å². The molecule has 28 heavy (non-hydrogen) atoms. The second-order valence-electron chi connectivity index (χ2n) is 7.52. The molecule has 0 aliphatic carbocycles. The molecule has 142 valence electrons. The van der Waals surface area contributed by atoms with Crippen molar-refractivity contribution in [3.8, 4) is 0 Å². The van der Waals surface area contributed by atoms with Gasteiger partial charge in [-0.1, -0.05) is 45.0 Å². The van der Waals surface area contributed by atoms with Crippen LogP contribution >= 0.6 is 0 Å². The quantitative estimate of drug-likeness (QED) is 0.684. The topological polar surface area (TPSA) is 71.1 Å². The average molecular weight is 373 g/mol. The Labute approximate surface area is 164 Å². The van der Waals surface area contributed by atoms with Gasteiger partial charge < -0.3 is 10.6 Å². The molecule has 0 atom stereocenters. The van der Waals surface area contributed by atoms with E-state index in [1.54, 1.807) is 42.6 Å². The minimum atomic E-state index is -0.288. The van der Waals surface area contributed by atoms with Crippen molar-refractivity contribution in [3.05, 3.63) is 89.7 Å². The molecule has 0 saturated carbocycles. The number of benzene rings is 2. The summed E-state index contributed by atoms with van der Waals surface area (Å²) in [7, 11) is 0. The van der Waals surface area contributed by atoms with Gasteiger partial charge >= 0.3 is 0 Å². The van der Waals surface area contributed by atoms with E-state index >= 15 is 0 Å². The molecule has 0 aliphatic rings. The molecule has 0 aliphatic heterocycles. The van der Waals surface area contributed by atoms with Crippen molar-refractivity contribution in [1.82, 2.24) is 4.98 Å². The number of aromatic nitrogens is 1. The van der Waals surface area contributed by atoms with Crippen LogP contribution in [0.3, 0.4) is 0 Å². The van der Waals surface area contributed by atoms with Gasteiger partial charge in [0.25, 0.3) is 11.8 Å². The Hall–Kier alpha value is -3.47. The van der Waals surface area contributed by atoms with Crippen LogP contribution < -0.4 is 10.6 Å². The van der Waals surface area contributed by atoms with Gasteiger partial charge in [0.05, 0.1) is 16.9 Å². The highest BCUT2D eigenvalue weighted by Gasteiger charge is 2.15. The van der Waals surface area contributed by atoms with E-state index in [1.807, 2.05) is 24.3 Å². The summed E-state index contributed by atoms with van der Waals surface area (Å²) in [5, 5.41) is 5.69. The lowest BCUT2D eigenvalue weighted by molar-refractivity contribution is 0.101. The maximum absolute atomic E-state index is 12.6. The van der Waals surface area contributed by atoms with Gasteiger partial charge in [0.1, 0.15) is 0 Å². The number of nitrogens with one attached hydrogen (secondary N) is 2. The number of nitrogens with zero attached hydrogens (tertiary/aromatic N) is 1. The van der Waals surface area contributed by atoms with Crippen LogP contribution in [0.4, 0.5) is 11.4 Å². The Morgan fingerprint density at radius 1 is 0.750 bits per heavy atom. The molecule has 3 aromatic rings. The zero-order chi connectivity index (χ0) is 20.1. The van der Waals surface area contributed by atoms with Crippen molar-refractivity contribution < 1.29 is 9.59 Å². The number of rotatable bonds is 4. The zero-order valence-corrected chi connectivity index (χ0v) is 16.2. The van der Waals surface area contributed by atoms with Crippen LogP contribution in [0, 0.1) is 0 Å². The van der Waals surface area contributed by atoms with Gasteiger partial charge in [0.15, 0.2) is 0 Å². The van der Waals surface area contributed by atoms with Crippen molar-refractivity contribution in [2.75, 3.05) is 10.6 Å². The summed E-state index contributed by atoms with van der Waals surface area (Å²) in [5.74, 6) is -0.520. The van der Waals surface area contributed by atoms with Gasteiger partial charge in [-0.05, 0) is 47.4 Å². The first-order valence-corrected chi connectivity index (χ1v) is 9.07. The summed E-state index contributed by atoms with van der Waals surface area (Å²) in [4.78, 5) is 29.0. The predicted octanol–water partition coefficient (Wildman–Crippen LogP) is 4.88. The van der Waals surface area contributed by atoms with E-state index in [2.05, 4.69) is 36.4 Å². The summed E-state index contributed by atoms with van der Waals surface area (Å²) >= 11 is 0. The molecule has 0 radical (unpaired) electrons. The second kappa shape index (κ2) is 8.05. The Kier molecular flexibility index (Phi) is 5.54. The van der Waals surface area contributed by atoms with Crippen LogP contribution in [0.1, 0.15) is 47.1 Å². The van der Waals surface area contributed by atoms with Gasteiger partial charge in [-0.25, -0.2) is 0 Å². The van der Waals surface area contributed by atoms with E-state index < -0.39 is 0 Å². The van der Waals surface area contributed by atoms with Gasteiger partial charge in [0.2, 0.25) is 0 Å². The standard InChI is InChI=1S/C23H23N3O2/c1-23(2,3)18-12-10-16(11-13-18)21(27)25-19-8-4-5-9-20(19)26-22(28)17-7-6-14-24-15-17/h4-15H,1-3H3,(H,25,27)(H,26,28). The highest BCUT2D eigenvalue weighted by Crippen LogP contribution is 2.24. The summed E-state index contributed by atoms with van der Waals surface area (Å²) in [6.07, 6.45) is 3.10.